The van der Waals surface area contributed by atoms with Gasteiger partial charge in [0.2, 0.25) is 12.1 Å². The number of nitrogen functional groups attached to an aromatic ring is 1. The maximum Gasteiger partial charge on any atom is 0.407 e. The molecule has 1 aromatic carbocycles. The van der Waals surface area contributed by atoms with Crippen LogP contribution in [0.25, 0.3) is 0 Å². The Morgan fingerprint density at radius 2 is 1.85 bits per heavy atom. The lowest BCUT2D eigenvalue weighted by atomic mass is 10.1. The monoisotopic (exact) mass is 553 g/mol. The predicted molar refractivity (Wildman–Crippen MR) is 131 cm³/mol. The van der Waals surface area contributed by atoms with E-state index in [1.807, 2.05) is 0 Å². The molecule has 1 aliphatic rings. The Kier molecular flexibility index (Phi) is 9.89. The average Bonchev–Trinajstić information content (AvgIpc) is 3.11. The van der Waals surface area contributed by atoms with Gasteiger partial charge in [0.25, 0.3) is 0 Å². The van der Waals surface area contributed by atoms with E-state index in [4.69, 9.17) is 20.3 Å². The molecule has 3 atom stereocenters. The molecule has 1 aliphatic heterocycles. The second-order valence-corrected chi connectivity index (χ2v) is 8.80. The van der Waals surface area contributed by atoms with E-state index < -0.39 is 48.7 Å². The summed E-state index contributed by atoms with van der Waals surface area (Å²) in [6.45, 7) is -0.211. The lowest BCUT2D eigenvalue weighted by Gasteiger charge is -2.20. The highest BCUT2D eigenvalue weighted by atomic mass is 19.3. The first kappa shape index (κ1) is 29.4. The Hall–Kier alpha value is -4.11. The van der Waals surface area contributed by atoms with Gasteiger partial charge in [0.1, 0.15) is 18.5 Å². The number of aliphatic hydroxyl groups excluding tert-OH is 1. The molecule has 2 aromatic rings. The molecule has 2 heterocycles. The van der Waals surface area contributed by atoms with Crippen LogP contribution in [0.3, 0.4) is 0 Å². The zero-order valence-electron chi connectivity index (χ0n) is 20.7. The van der Waals surface area contributed by atoms with Crippen molar-refractivity contribution in [3.63, 3.8) is 0 Å². The van der Waals surface area contributed by atoms with Crippen molar-refractivity contribution >= 4 is 23.8 Å². The first-order valence-corrected chi connectivity index (χ1v) is 12.0. The molecule has 1 fully saturated rings. The number of nitrogens with two attached hydrogens (primary N) is 1. The maximum absolute atomic E-state index is 14.5. The second-order valence-electron chi connectivity index (χ2n) is 8.80. The number of unbranched alkanes of at least 4 members (excludes halogenated alkanes) is 2. The number of benzene rings is 1. The van der Waals surface area contributed by atoms with Gasteiger partial charge in [0, 0.05) is 25.7 Å². The molecular formula is C24H29F2N5O8. The molecule has 1 saturated heterocycles. The van der Waals surface area contributed by atoms with Crippen LogP contribution in [0.5, 0.6) is 0 Å². The molecule has 212 valence electrons. The van der Waals surface area contributed by atoms with Gasteiger partial charge in [0.05, 0.1) is 5.56 Å². The number of aromatic carboxylic acids is 1. The van der Waals surface area contributed by atoms with Gasteiger partial charge in [-0.15, -0.1) is 0 Å². The van der Waals surface area contributed by atoms with Crippen LogP contribution in [-0.2, 0) is 20.8 Å². The number of amides is 2. The number of halogens is 2. The van der Waals surface area contributed by atoms with Crippen molar-refractivity contribution in [1.29, 1.82) is 0 Å². The standard InChI is InChI=1S/C24H29F2N5O8/c25-24(26)19(33)16(39-21(24)31-11-9-17(27)30-22(31)36)13-38-23(37)28-10-3-1-2-4-18(32)29-12-14-5-7-15(8-6-14)20(34)35/h5-9,11,16,19,21,33H,1-4,10,12-13H2,(H,28,37)(H,29,32)(H,34,35)(H2,27,30,36)/t16-,19?,21-/m1/s1. The lowest BCUT2D eigenvalue weighted by Crippen LogP contribution is -2.42. The van der Waals surface area contributed by atoms with Crippen molar-refractivity contribution in [2.24, 2.45) is 0 Å². The quantitative estimate of drug-likeness (QED) is 0.237. The maximum atomic E-state index is 14.5. The highest BCUT2D eigenvalue weighted by molar-refractivity contribution is 5.87. The first-order valence-electron chi connectivity index (χ1n) is 12.0. The highest BCUT2D eigenvalue weighted by Crippen LogP contribution is 2.42. The number of hydrogen-bond donors (Lipinski definition) is 5. The normalized spacial score (nSPS) is 19.8. The van der Waals surface area contributed by atoms with Crippen molar-refractivity contribution in [1.82, 2.24) is 20.2 Å². The second kappa shape index (κ2) is 13.1. The molecule has 3 rings (SSSR count). The molecule has 1 unspecified atom stereocenters. The first-order chi connectivity index (χ1) is 18.5. The Bertz CT molecular complexity index is 1220. The number of alkyl carbamates (subject to hydrolysis) is 1. The fourth-order valence-corrected chi connectivity index (χ4v) is 3.75. The average molecular weight is 554 g/mol. The third-order valence-corrected chi connectivity index (χ3v) is 5.90. The number of hydrogen-bond acceptors (Lipinski definition) is 9. The number of ether oxygens (including phenoxy) is 2. The van der Waals surface area contributed by atoms with E-state index in [1.54, 1.807) is 12.1 Å². The van der Waals surface area contributed by atoms with Gasteiger partial charge in [0.15, 0.2) is 6.10 Å². The molecule has 6 N–H and O–H groups in total. The molecule has 39 heavy (non-hydrogen) atoms. The number of alkyl halides is 2. The summed E-state index contributed by atoms with van der Waals surface area (Å²) in [5, 5.41) is 24.0. The smallest absolute Gasteiger partial charge is 0.407 e. The Morgan fingerprint density at radius 3 is 2.51 bits per heavy atom. The summed E-state index contributed by atoms with van der Waals surface area (Å²) in [6, 6.07) is 7.28. The SMILES string of the molecule is Nc1ccn([C@@H]2O[C@H](COC(=O)NCCCCCC(=O)NCc3ccc(C(=O)O)cc3)C(O)C2(F)F)c(=O)n1. The molecule has 0 saturated carbocycles. The number of carbonyl (C=O) groups excluding carboxylic acids is 2. The number of carbonyl (C=O) groups is 3. The Labute approximate surface area is 220 Å². The van der Waals surface area contributed by atoms with Crippen molar-refractivity contribution < 1.29 is 42.9 Å². The molecule has 1 aromatic heterocycles. The fourth-order valence-electron chi connectivity index (χ4n) is 3.75. The number of aliphatic hydroxyl groups is 1. The number of nitrogens with zero attached hydrogens (tertiary/aromatic N) is 2. The van der Waals surface area contributed by atoms with Crippen LogP contribution in [0.1, 0.15) is 47.8 Å². The van der Waals surface area contributed by atoms with E-state index >= 15 is 0 Å². The molecule has 0 bridgehead atoms. The Morgan fingerprint density at radius 1 is 1.13 bits per heavy atom. The molecule has 15 heteroatoms. The van der Waals surface area contributed by atoms with Gasteiger partial charge in [-0.25, -0.2) is 14.4 Å². The number of nitrogens with one attached hydrogen (secondary N) is 2. The molecule has 2 amide bonds. The topological polar surface area (TPSA) is 195 Å². The van der Waals surface area contributed by atoms with E-state index in [-0.39, 0.29) is 36.8 Å². The van der Waals surface area contributed by atoms with Crippen LogP contribution in [0, 0.1) is 0 Å². The fraction of sp³-hybridized carbons (Fsp3) is 0.458. The minimum absolute atomic E-state index is 0.160. The van der Waals surface area contributed by atoms with Crippen molar-refractivity contribution in [3.05, 3.63) is 58.1 Å². The van der Waals surface area contributed by atoms with Crippen LogP contribution in [0.2, 0.25) is 0 Å². The highest BCUT2D eigenvalue weighted by Gasteiger charge is 2.60. The number of rotatable bonds is 12. The van der Waals surface area contributed by atoms with Crippen LogP contribution >= 0.6 is 0 Å². The largest absolute Gasteiger partial charge is 0.478 e. The summed E-state index contributed by atoms with van der Waals surface area (Å²) in [5.74, 6) is -5.23. The minimum atomic E-state index is -3.86. The van der Waals surface area contributed by atoms with Gasteiger partial charge >= 0.3 is 23.7 Å². The van der Waals surface area contributed by atoms with Gasteiger partial charge in [-0.05, 0) is 36.6 Å². The van der Waals surface area contributed by atoms with Crippen LogP contribution < -0.4 is 22.1 Å². The van der Waals surface area contributed by atoms with Gasteiger partial charge in [-0.2, -0.15) is 13.8 Å². The third-order valence-electron chi connectivity index (χ3n) is 5.90. The number of carboxylic acids is 1. The summed E-state index contributed by atoms with van der Waals surface area (Å²) >= 11 is 0. The molecular weight excluding hydrogens is 524 g/mol. The zero-order chi connectivity index (χ0) is 28.6. The Balaban J connectivity index is 1.30. The third kappa shape index (κ3) is 7.94. The van der Waals surface area contributed by atoms with Crippen LogP contribution in [0.15, 0.2) is 41.3 Å². The summed E-state index contributed by atoms with van der Waals surface area (Å²) in [6.07, 6.45) is -4.07. The van der Waals surface area contributed by atoms with E-state index in [1.165, 1.54) is 12.1 Å². The summed E-state index contributed by atoms with van der Waals surface area (Å²) in [7, 11) is 0. The minimum Gasteiger partial charge on any atom is -0.478 e. The van der Waals surface area contributed by atoms with E-state index in [0.29, 0.717) is 23.8 Å². The van der Waals surface area contributed by atoms with Crippen molar-refractivity contribution in [2.75, 3.05) is 18.9 Å². The zero-order valence-corrected chi connectivity index (χ0v) is 20.7. The molecule has 0 aliphatic carbocycles. The number of carboxylic acid groups (broad SMARTS) is 1. The van der Waals surface area contributed by atoms with Gasteiger partial charge in [-0.1, -0.05) is 18.6 Å². The van der Waals surface area contributed by atoms with Crippen molar-refractivity contribution in [2.45, 2.75) is 56.6 Å². The van der Waals surface area contributed by atoms with E-state index in [0.717, 1.165) is 17.8 Å². The summed E-state index contributed by atoms with van der Waals surface area (Å²) in [5.41, 5.74) is 5.19. The number of aromatic nitrogens is 2. The predicted octanol–water partition coefficient (Wildman–Crippen LogP) is 1.02. The molecule has 0 radical (unpaired) electrons. The summed E-state index contributed by atoms with van der Waals surface area (Å²) < 4.78 is 39.5. The number of anilines is 1. The molecule has 13 nitrogen and oxygen atoms in total. The van der Waals surface area contributed by atoms with Gasteiger partial charge in [-0.3, -0.25) is 9.36 Å². The van der Waals surface area contributed by atoms with E-state index in [2.05, 4.69) is 15.6 Å². The van der Waals surface area contributed by atoms with Crippen LogP contribution in [0.4, 0.5) is 19.4 Å². The van der Waals surface area contributed by atoms with Crippen molar-refractivity contribution in [3.8, 4) is 0 Å². The van der Waals surface area contributed by atoms with Crippen LogP contribution in [-0.4, -0.2) is 69.0 Å². The molecule has 0 spiro atoms. The van der Waals surface area contributed by atoms with E-state index in [9.17, 15) is 33.1 Å². The lowest BCUT2D eigenvalue weighted by molar-refractivity contribution is -0.140. The van der Waals surface area contributed by atoms with Gasteiger partial charge < -0.3 is 36.1 Å². The summed E-state index contributed by atoms with van der Waals surface area (Å²) in [4.78, 5) is 49.9.